The van der Waals surface area contributed by atoms with Crippen molar-refractivity contribution in [2.75, 3.05) is 14.2 Å². The van der Waals surface area contributed by atoms with Crippen LogP contribution in [0.4, 0.5) is 0 Å². The van der Waals surface area contributed by atoms with E-state index in [1.165, 1.54) is 13.2 Å². The first-order valence-corrected chi connectivity index (χ1v) is 7.67. The summed E-state index contributed by atoms with van der Waals surface area (Å²) in [6.07, 6.45) is 4.51. The normalized spacial score (nSPS) is 10.5. The molecule has 0 spiro atoms. The van der Waals surface area contributed by atoms with Crippen LogP contribution in [-0.2, 0) is 4.79 Å². The maximum atomic E-state index is 11.8. The van der Waals surface area contributed by atoms with Gasteiger partial charge in [-0.05, 0) is 45.8 Å². The summed E-state index contributed by atoms with van der Waals surface area (Å²) in [5.74, 6) is 0.242. The Labute approximate surface area is 147 Å². The third-order valence-corrected chi connectivity index (χ3v) is 3.48. The SMILES string of the molecule is COc1ccc(/C=C/C(=O)NNC(=O)c2cc(Br)c[nH]2)cc1OC. The highest BCUT2D eigenvalue weighted by molar-refractivity contribution is 9.10. The Kier molecular flexibility index (Phi) is 6.02. The van der Waals surface area contributed by atoms with Crippen molar-refractivity contribution in [1.82, 2.24) is 15.8 Å². The molecule has 1 aromatic carbocycles. The standard InChI is InChI=1S/C16H16BrN3O4/c1-23-13-5-3-10(7-14(13)24-2)4-6-15(21)19-20-16(22)12-8-11(17)9-18-12/h3-9,18H,1-2H3,(H,19,21)(H,20,22)/b6-4+. The van der Waals surface area contributed by atoms with E-state index in [1.807, 2.05) is 0 Å². The number of H-pyrrole nitrogens is 1. The first kappa shape index (κ1) is 17.6. The number of hydrogen-bond acceptors (Lipinski definition) is 4. The number of carbonyl (C=O) groups is 2. The lowest BCUT2D eigenvalue weighted by molar-refractivity contribution is -0.117. The number of benzene rings is 1. The van der Waals surface area contributed by atoms with E-state index < -0.39 is 11.8 Å². The summed E-state index contributed by atoms with van der Waals surface area (Å²) in [4.78, 5) is 26.3. The summed E-state index contributed by atoms with van der Waals surface area (Å²) in [5.41, 5.74) is 5.67. The Morgan fingerprint density at radius 3 is 2.50 bits per heavy atom. The Bertz CT molecular complexity index is 770. The fourth-order valence-corrected chi connectivity index (χ4v) is 2.20. The number of carbonyl (C=O) groups excluding carboxylic acids is 2. The summed E-state index contributed by atoms with van der Waals surface area (Å²) >= 11 is 3.22. The third kappa shape index (κ3) is 4.63. The molecule has 0 atom stereocenters. The first-order valence-electron chi connectivity index (χ1n) is 6.88. The van der Waals surface area contributed by atoms with Gasteiger partial charge < -0.3 is 14.5 Å². The van der Waals surface area contributed by atoms with Gasteiger partial charge in [-0.3, -0.25) is 20.4 Å². The smallest absolute Gasteiger partial charge is 0.286 e. The molecule has 7 nitrogen and oxygen atoms in total. The molecule has 1 aromatic heterocycles. The molecule has 2 rings (SSSR count). The molecule has 0 radical (unpaired) electrons. The van der Waals surface area contributed by atoms with Gasteiger partial charge in [-0.2, -0.15) is 0 Å². The van der Waals surface area contributed by atoms with Gasteiger partial charge >= 0.3 is 0 Å². The minimum absolute atomic E-state index is 0.325. The lowest BCUT2D eigenvalue weighted by atomic mass is 10.2. The van der Waals surface area contributed by atoms with Gasteiger partial charge in [-0.15, -0.1) is 0 Å². The fraction of sp³-hybridized carbons (Fsp3) is 0.125. The van der Waals surface area contributed by atoms with Gasteiger partial charge in [0.05, 0.1) is 14.2 Å². The van der Waals surface area contributed by atoms with Gasteiger partial charge in [0.25, 0.3) is 11.8 Å². The number of aromatic nitrogens is 1. The van der Waals surface area contributed by atoms with Crippen molar-refractivity contribution >= 4 is 33.8 Å². The van der Waals surface area contributed by atoms with Crippen LogP contribution in [0.2, 0.25) is 0 Å². The number of aromatic amines is 1. The number of hydrogen-bond donors (Lipinski definition) is 3. The monoisotopic (exact) mass is 393 g/mol. The third-order valence-electron chi connectivity index (χ3n) is 3.03. The Morgan fingerprint density at radius 1 is 1.12 bits per heavy atom. The first-order chi connectivity index (χ1) is 11.5. The van der Waals surface area contributed by atoms with Crippen LogP contribution in [0.25, 0.3) is 6.08 Å². The van der Waals surface area contributed by atoms with Crippen LogP contribution in [0.15, 0.2) is 41.0 Å². The average molecular weight is 394 g/mol. The molecule has 0 bridgehead atoms. The molecule has 0 saturated heterocycles. The van der Waals surface area contributed by atoms with E-state index in [0.29, 0.717) is 17.2 Å². The Morgan fingerprint density at radius 2 is 1.88 bits per heavy atom. The van der Waals surface area contributed by atoms with Gasteiger partial charge in [0, 0.05) is 16.7 Å². The lowest BCUT2D eigenvalue weighted by Gasteiger charge is -2.07. The molecule has 2 aromatic rings. The number of ether oxygens (including phenoxy) is 2. The second-order valence-corrected chi connectivity index (χ2v) is 5.54. The van der Waals surface area contributed by atoms with Crippen molar-refractivity contribution in [1.29, 1.82) is 0 Å². The van der Waals surface area contributed by atoms with E-state index >= 15 is 0 Å². The number of halogens is 1. The van der Waals surface area contributed by atoms with Gasteiger partial charge in [0.1, 0.15) is 5.69 Å². The van der Waals surface area contributed by atoms with Gasteiger partial charge in [-0.25, -0.2) is 0 Å². The number of nitrogens with one attached hydrogen (secondary N) is 3. The van der Waals surface area contributed by atoms with E-state index in [9.17, 15) is 9.59 Å². The quantitative estimate of drug-likeness (QED) is 0.536. The van der Waals surface area contributed by atoms with Crippen LogP contribution >= 0.6 is 15.9 Å². The number of amides is 2. The van der Waals surface area contributed by atoms with Crippen molar-refractivity contribution in [2.24, 2.45) is 0 Å². The van der Waals surface area contributed by atoms with Crippen molar-refractivity contribution in [2.45, 2.75) is 0 Å². The highest BCUT2D eigenvalue weighted by Gasteiger charge is 2.08. The van der Waals surface area contributed by atoms with Crippen LogP contribution in [0.3, 0.4) is 0 Å². The van der Waals surface area contributed by atoms with E-state index in [4.69, 9.17) is 9.47 Å². The maximum Gasteiger partial charge on any atom is 0.286 e. The Balaban J connectivity index is 1.92. The minimum Gasteiger partial charge on any atom is -0.493 e. The van der Waals surface area contributed by atoms with E-state index in [-0.39, 0.29) is 0 Å². The zero-order chi connectivity index (χ0) is 17.5. The second-order valence-electron chi connectivity index (χ2n) is 4.62. The molecule has 0 aliphatic heterocycles. The lowest BCUT2D eigenvalue weighted by Crippen LogP contribution is -2.40. The number of methoxy groups -OCH3 is 2. The van der Waals surface area contributed by atoms with Crippen LogP contribution in [-0.4, -0.2) is 31.0 Å². The van der Waals surface area contributed by atoms with Gasteiger partial charge in [0.2, 0.25) is 0 Å². The molecule has 126 valence electrons. The summed E-state index contributed by atoms with van der Waals surface area (Å²) in [6, 6.07) is 6.85. The molecule has 24 heavy (non-hydrogen) atoms. The van der Waals surface area contributed by atoms with Crippen molar-refractivity contribution in [3.8, 4) is 11.5 Å². The summed E-state index contributed by atoms with van der Waals surface area (Å²) < 4.78 is 11.1. The van der Waals surface area contributed by atoms with Crippen molar-refractivity contribution in [3.63, 3.8) is 0 Å². The van der Waals surface area contributed by atoms with E-state index in [0.717, 1.165) is 10.0 Å². The highest BCUT2D eigenvalue weighted by Crippen LogP contribution is 2.27. The van der Waals surface area contributed by atoms with Gasteiger partial charge in [-0.1, -0.05) is 6.07 Å². The van der Waals surface area contributed by atoms with Crippen LogP contribution in [0, 0.1) is 0 Å². The molecule has 0 aliphatic carbocycles. The topological polar surface area (TPSA) is 92.5 Å². The minimum atomic E-state index is -0.469. The largest absolute Gasteiger partial charge is 0.493 e. The molecule has 0 aliphatic rings. The van der Waals surface area contributed by atoms with Crippen LogP contribution < -0.4 is 20.3 Å². The average Bonchev–Trinajstić information content (AvgIpc) is 3.04. The van der Waals surface area contributed by atoms with Crippen molar-refractivity contribution < 1.29 is 19.1 Å². The molecular formula is C16H16BrN3O4. The molecule has 3 N–H and O–H groups in total. The van der Waals surface area contributed by atoms with E-state index in [2.05, 4.69) is 31.8 Å². The second kappa shape index (κ2) is 8.21. The summed E-state index contributed by atoms with van der Waals surface area (Å²) in [6.45, 7) is 0. The number of hydrazine groups is 1. The predicted molar refractivity (Wildman–Crippen MR) is 92.7 cm³/mol. The van der Waals surface area contributed by atoms with Gasteiger partial charge in [0.15, 0.2) is 11.5 Å². The number of rotatable bonds is 5. The predicted octanol–water partition coefficient (Wildman–Crippen LogP) is 2.27. The molecule has 0 fully saturated rings. The molecule has 0 saturated carbocycles. The molecule has 2 amide bonds. The van der Waals surface area contributed by atoms with Crippen LogP contribution in [0.5, 0.6) is 11.5 Å². The van der Waals surface area contributed by atoms with Crippen molar-refractivity contribution in [3.05, 3.63) is 52.3 Å². The molecular weight excluding hydrogens is 378 g/mol. The zero-order valence-electron chi connectivity index (χ0n) is 13.1. The molecule has 8 heteroatoms. The molecule has 1 heterocycles. The fourth-order valence-electron chi connectivity index (χ4n) is 1.85. The zero-order valence-corrected chi connectivity index (χ0v) is 14.6. The summed E-state index contributed by atoms with van der Waals surface area (Å²) in [7, 11) is 3.08. The highest BCUT2D eigenvalue weighted by atomic mass is 79.9. The summed E-state index contributed by atoms with van der Waals surface area (Å²) in [5, 5.41) is 0. The van der Waals surface area contributed by atoms with Crippen LogP contribution in [0.1, 0.15) is 16.1 Å². The molecule has 0 unspecified atom stereocenters. The van der Waals surface area contributed by atoms with E-state index in [1.54, 1.807) is 43.6 Å². The maximum absolute atomic E-state index is 11.8. The Hall–Kier alpha value is -2.74.